The molecule has 0 aromatic heterocycles. The summed E-state index contributed by atoms with van der Waals surface area (Å²) in [5, 5.41) is 2.63. The van der Waals surface area contributed by atoms with Crippen molar-refractivity contribution in [3.8, 4) is 17.2 Å². The minimum atomic E-state index is -1.39. The van der Waals surface area contributed by atoms with Crippen LogP contribution in [0, 0.1) is 5.82 Å². The van der Waals surface area contributed by atoms with E-state index in [4.69, 9.17) is 14.2 Å². The predicted molar refractivity (Wildman–Crippen MR) is 102 cm³/mol. The molecule has 156 valence electrons. The minimum Gasteiger partial charge on any atom is -0.496 e. The van der Waals surface area contributed by atoms with Gasteiger partial charge in [-0.15, -0.1) is 0 Å². The third-order valence-electron chi connectivity index (χ3n) is 5.16. The molecule has 1 fully saturated rings. The predicted octanol–water partition coefficient (Wildman–Crippen LogP) is 2.26. The molecule has 1 saturated heterocycles. The second-order valence-electron chi connectivity index (χ2n) is 7.07. The maximum atomic E-state index is 13.6. The Labute approximate surface area is 171 Å². The second-order valence-corrected chi connectivity index (χ2v) is 7.07. The third kappa shape index (κ3) is 3.22. The average Bonchev–Trinajstić information content (AvgIpc) is 2.97. The highest BCUT2D eigenvalue weighted by molar-refractivity contribution is 6.11. The maximum Gasteiger partial charge on any atom is 0.325 e. The molecule has 0 aliphatic carbocycles. The van der Waals surface area contributed by atoms with Crippen LogP contribution < -0.4 is 19.5 Å². The first-order valence-corrected chi connectivity index (χ1v) is 9.24. The van der Waals surface area contributed by atoms with Gasteiger partial charge in [0.1, 0.15) is 30.3 Å². The SMILES string of the molecule is COc1ccc(F)cc1C(=O)CN1C(=O)N[C@@](C)(c2ccc3c(c2)OCCO3)C1=O. The molecule has 4 rings (SSSR count). The molecule has 1 N–H and O–H groups in total. The van der Waals surface area contributed by atoms with Gasteiger partial charge in [-0.3, -0.25) is 14.5 Å². The molecule has 2 aromatic carbocycles. The van der Waals surface area contributed by atoms with Gasteiger partial charge < -0.3 is 19.5 Å². The zero-order valence-electron chi connectivity index (χ0n) is 16.4. The smallest absolute Gasteiger partial charge is 0.325 e. The first-order chi connectivity index (χ1) is 14.3. The monoisotopic (exact) mass is 414 g/mol. The number of ether oxygens (including phenoxy) is 3. The van der Waals surface area contributed by atoms with Crippen molar-refractivity contribution in [1.82, 2.24) is 10.2 Å². The molecule has 0 radical (unpaired) electrons. The lowest BCUT2D eigenvalue weighted by Gasteiger charge is -2.25. The molecular weight excluding hydrogens is 395 g/mol. The molecule has 0 spiro atoms. The number of fused-ring (bicyclic) bond motifs is 1. The Hall–Kier alpha value is -3.62. The van der Waals surface area contributed by atoms with E-state index < -0.39 is 35.6 Å². The molecule has 30 heavy (non-hydrogen) atoms. The number of nitrogens with one attached hydrogen (secondary N) is 1. The van der Waals surface area contributed by atoms with Crippen molar-refractivity contribution in [2.45, 2.75) is 12.5 Å². The van der Waals surface area contributed by atoms with Gasteiger partial charge >= 0.3 is 6.03 Å². The summed E-state index contributed by atoms with van der Waals surface area (Å²) < 4.78 is 29.7. The highest BCUT2D eigenvalue weighted by Crippen LogP contribution is 2.37. The molecule has 2 aliphatic rings. The Balaban J connectivity index is 1.60. The van der Waals surface area contributed by atoms with E-state index >= 15 is 0 Å². The van der Waals surface area contributed by atoms with E-state index in [0.29, 0.717) is 30.3 Å². The van der Waals surface area contributed by atoms with Gasteiger partial charge in [-0.25, -0.2) is 9.18 Å². The van der Waals surface area contributed by atoms with Gasteiger partial charge in [0.25, 0.3) is 5.91 Å². The van der Waals surface area contributed by atoms with Crippen LogP contribution in [-0.2, 0) is 10.3 Å². The second kappa shape index (κ2) is 7.33. The number of nitrogens with zero attached hydrogens (tertiary/aromatic N) is 1. The van der Waals surface area contributed by atoms with Gasteiger partial charge in [-0.05, 0) is 42.8 Å². The molecule has 0 saturated carbocycles. The van der Waals surface area contributed by atoms with Crippen LogP contribution in [0.1, 0.15) is 22.8 Å². The Kier molecular flexibility index (Phi) is 4.81. The Bertz CT molecular complexity index is 1060. The number of hydrogen-bond acceptors (Lipinski definition) is 6. The molecule has 2 aliphatic heterocycles. The fourth-order valence-corrected chi connectivity index (χ4v) is 3.52. The average molecular weight is 414 g/mol. The number of urea groups is 1. The summed E-state index contributed by atoms with van der Waals surface area (Å²) in [5.41, 5.74) is -0.950. The highest BCUT2D eigenvalue weighted by Gasteiger charge is 2.50. The zero-order valence-corrected chi connectivity index (χ0v) is 16.4. The number of hydrogen-bond donors (Lipinski definition) is 1. The summed E-state index contributed by atoms with van der Waals surface area (Å²) in [6.07, 6.45) is 0. The number of carbonyl (C=O) groups is 3. The summed E-state index contributed by atoms with van der Waals surface area (Å²) in [4.78, 5) is 39.2. The van der Waals surface area contributed by atoms with E-state index in [-0.39, 0.29) is 11.3 Å². The topological polar surface area (TPSA) is 94.2 Å². The summed E-state index contributed by atoms with van der Waals surface area (Å²) >= 11 is 0. The summed E-state index contributed by atoms with van der Waals surface area (Å²) in [5.74, 6) is -0.675. The summed E-state index contributed by atoms with van der Waals surface area (Å²) in [7, 11) is 1.34. The molecule has 1 atom stereocenters. The van der Waals surface area contributed by atoms with Crippen molar-refractivity contribution in [3.05, 3.63) is 53.3 Å². The Morgan fingerprint density at radius 3 is 2.63 bits per heavy atom. The molecule has 0 bridgehead atoms. The van der Waals surface area contributed by atoms with Gasteiger partial charge in [-0.2, -0.15) is 0 Å². The molecule has 0 unspecified atom stereocenters. The number of imide groups is 1. The normalized spacial score (nSPS) is 20.2. The number of benzene rings is 2. The fraction of sp³-hybridized carbons (Fsp3) is 0.286. The third-order valence-corrected chi connectivity index (χ3v) is 5.16. The van der Waals surface area contributed by atoms with Crippen molar-refractivity contribution in [2.24, 2.45) is 0 Å². The number of Topliss-reactive ketones (excluding diaryl/α,β-unsaturated/α-hetero) is 1. The molecule has 2 aromatic rings. The van der Waals surface area contributed by atoms with Gasteiger partial charge in [0.2, 0.25) is 0 Å². The van der Waals surface area contributed by atoms with Crippen molar-refractivity contribution in [1.29, 1.82) is 0 Å². The molecule has 3 amide bonds. The molecule has 9 heteroatoms. The van der Waals surface area contributed by atoms with Crippen LogP contribution in [0.3, 0.4) is 0 Å². The van der Waals surface area contributed by atoms with Crippen LogP contribution >= 0.6 is 0 Å². The number of carbonyl (C=O) groups excluding carboxylic acids is 3. The lowest BCUT2D eigenvalue weighted by atomic mass is 9.91. The van der Waals surface area contributed by atoms with E-state index in [1.807, 2.05) is 0 Å². The van der Waals surface area contributed by atoms with Crippen LogP contribution in [0.4, 0.5) is 9.18 Å². The van der Waals surface area contributed by atoms with Crippen LogP contribution in [0.15, 0.2) is 36.4 Å². The molecular formula is C21H19FN2O6. The first kappa shape index (κ1) is 19.7. The van der Waals surface area contributed by atoms with Crippen LogP contribution in [0.25, 0.3) is 0 Å². The van der Waals surface area contributed by atoms with Crippen molar-refractivity contribution >= 4 is 17.7 Å². The van der Waals surface area contributed by atoms with E-state index in [1.165, 1.54) is 13.2 Å². The lowest BCUT2D eigenvalue weighted by Crippen LogP contribution is -2.41. The minimum absolute atomic E-state index is 0.0500. The van der Waals surface area contributed by atoms with Crippen LogP contribution in [-0.4, -0.2) is 49.5 Å². The van der Waals surface area contributed by atoms with Gasteiger partial charge in [0.05, 0.1) is 19.2 Å². The van der Waals surface area contributed by atoms with Crippen LogP contribution in [0.5, 0.6) is 17.2 Å². The first-order valence-electron chi connectivity index (χ1n) is 9.24. The summed E-state index contributed by atoms with van der Waals surface area (Å²) in [6.45, 7) is 1.80. The maximum absolute atomic E-state index is 13.6. The Morgan fingerprint density at radius 1 is 1.17 bits per heavy atom. The molecule has 2 heterocycles. The van der Waals surface area contributed by atoms with E-state index in [0.717, 1.165) is 17.0 Å². The lowest BCUT2D eigenvalue weighted by molar-refractivity contribution is -0.130. The standard InChI is InChI=1S/C21H19FN2O6/c1-21(12-3-5-17-18(9-12)30-8-7-29-17)19(26)24(20(27)23-21)11-15(25)14-10-13(22)4-6-16(14)28-2/h3-6,9-10H,7-8,11H2,1-2H3,(H,23,27)/t21-/m0/s1. The number of ketones is 1. The van der Waals surface area contributed by atoms with E-state index in [2.05, 4.69) is 5.32 Å². The number of amides is 3. The van der Waals surface area contributed by atoms with Gasteiger partial charge in [0, 0.05) is 0 Å². The Morgan fingerprint density at radius 2 is 1.90 bits per heavy atom. The number of halogens is 1. The van der Waals surface area contributed by atoms with Crippen molar-refractivity contribution < 1.29 is 33.0 Å². The fourth-order valence-electron chi connectivity index (χ4n) is 3.52. The quantitative estimate of drug-likeness (QED) is 0.596. The van der Waals surface area contributed by atoms with E-state index in [1.54, 1.807) is 25.1 Å². The number of rotatable bonds is 5. The van der Waals surface area contributed by atoms with E-state index in [9.17, 15) is 18.8 Å². The van der Waals surface area contributed by atoms with Crippen molar-refractivity contribution in [3.63, 3.8) is 0 Å². The zero-order chi connectivity index (χ0) is 21.5. The number of methoxy groups -OCH3 is 1. The highest BCUT2D eigenvalue weighted by atomic mass is 19.1. The van der Waals surface area contributed by atoms with Crippen molar-refractivity contribution in [2.75, 3.05) is 26.9 Å². The van der Waals surface area contributed by atoms with Gasteiger partial charge in [-0.1, -0.05) is 6.07 Å². The van der Waals surface area contributed by atoms with Crippen LogP contribution in [0.2, 0.25) is 0 Å². The van der Waals surface area contributed by atoms with Gasteiger partial charge in [0.15, 0.2) is 17.3 Å². The molecule has 8 nitrogen and oxygen atoms in total. The summed E-state index contributed by atoms with van der Waals surface area (Å²) in [6, 6.07) is 7.72. The largest absolute Gasteiger partial charge is 0.496 e.